The SMILES string of the molecule is CCCCCCCCCCCCCCCCCCCCCCCCC(=O)O[C@H](COC(=O)CCCCCCCCCCCCCCCCC(C)C)COP(=O)(O)OC[C@@H](O)COP(=O)(O)OC[C@@H](COC(=O)CCCCCCCCCCC(C)C)OC(=O)CCCCCCCCCCCCCCCCCC. The van der Waals surface area contributed by atoms with Crippen LogP contribution in [0.2, 0.25) is 0 Å². The summed E-state index contributed by atoms with van der Waals surface area (Å²) in [4.78, 5) is 73.3. The average molecular weight is 1550 g/mol. The van der Waals surface area contributed by atoms with E-state index in [0.29, 0.717) is 25.7 Å². The molecule has 106 heavy (non-hydrogen) atoms. The van der Waals surface area contributed by atoms with Gasteiger partial charge in [0.25, 0.3) is 0 Å². The average Bonchev–Trinajstić information content (AvgIpc) is 0.903. The first kappa shape index (κ1) is 104. The first-order valence-electron chi connectivity index (χ1n) is 45.0. The summed E-state index contributed by atoms with van der Waals surface area (Å²) < 4.78 is 68.9. The summed E-state index contributed by atoms with van der Waals surface area (Å²) in [6.07, 6.45) is 70.9. The molecule has 3 N–H and O–H groups in total. The molecule has 0 saturated carbocycles. The highest BCUT2D eigenvalue weighted by Crippen LogP contribution is 2.45. The summed E-state index contributed by atoms with van der Waals surface area (Å²) in [6, 6.07) is 0. The van der Waals surface area contributed by atoms with E-state index in [-0.39, 0.29) is 25.7 Å². The first-order chi connectivity index (χ1) is 51.4. The number of hydrogen-bond acceptors (Lipinski definition) is 15. The van der Waals surface area contributed by atoms with Gasteiger partial charge in [-0.15, -0.1) is 0 Å². The zero-order chi connectivity index (χ0) is 77.8. The van der Waals surface area contributed by atoms with Gasteiger partial charge in [-0.3, -0.25) is 37.3 Å². The maximum atomic E-state index is 13.2. The maximum Gasteiger partial charge on any atom is 0.472 e. The highest BCUT2D eigenvalue weighted by Gasteiger charge is 2.30. The van der Waals surface area contributed by atoms with Crippen molar-refractivity contribution in [2.24, 2.45) is 11.8 Å². The zero-order valence-electron chi connectivity index (χ0n) is 69.7. The van der Waals surface area contributed by atoms with Gasteiger partial charge >= 0.3 is 39.5 Å². The van der Waals surface area contributed by atoms with Gasteiger partial charge in [-0.1, -0.05) is 414 Å². The molecule has 0 heterocycles. The number of unbranched alkanes of at least 4 members (excludes halogenated alkanes) is 56. The van der Waals surface area contributed by atoms with Crippen LogP contribution in [0.5, 0.6) is 0 Å². The van der Waals surface area contributed by atoms with Crippen LogP contribution in [0.3, 0.4) is 0 Å². The highest BCUT2D eigenvalue weighted by molar-refractivity contribution is 7.47. The third-order valence-electron chi connectivity index (χ3n) is 20.5. The van der Waals surface area contributed by atoms with E-state index < -0.39 is 97.5 Å². The fourth-order valence-corrected chi connectivity index (χ4v) is 15.2. The number of carbonyl (C=O) groups is 4. The molecule has 0 aliphatic rings. The first-order valence-corrected chi connectivity index (χ1v) is 48.0. The molecular formula is C87H170O17P2. The molecule has 0 aromatic heterocycles. The molecule has 5 atom stereocenters. The van der Waals surface area contributed by atoms with Crippen LogP contribution in [0, 0.1) is 11.8 Å². The van der Waals surface area contributed by atoms with Gasteiger partial charge < -0.3 is 33.8 Å². The van der Waals surface area contributed by atoms with Crippen molar-refractivity contribution in [1.82, 2.24) is 0 Å². The van der Waals surface area contributed by atoms with E-state index in [1.54, 1.807) is 0 Å². The number of hydrogen-bond donors (Lipinski definition) is 3. The van der Waals surface area contributed by atoms with Crippen molar-refractivity contribution in [3.63, 3.8) is 0 Å². The summed E-state index contributed by atoms with van der Waals surface area (Å²) in [5.41, 5.74) is 0. The molecule has 0 aliphatic carbocycles. The lowest BCUT2D eigenvalue weighted by atomic mass is 10.0. The van der Waals surface area contributed by atoms with Crippen molar-refractivity contribution in [2.45, 2.75) is 484 Å². The van der Waals surface area contributed by atoms with Crippen LogP contribution in [0.4, 0.5) is 0 Å². The third-order valence-corrected chi connectivity index (χ3v) is 22.4. The van der Waals surface area contributed by atoms with Crippen LogP contribution in [-0.4, -0.2) is 96.7 Å². The minimum atomic E-state index is -4.97. The Balaban J connectivity index is 5.23. The number of phosphoric acid groups is 2. The van der Waals surface area contributed by atoms with Gasteiger partial charge in [-0.2, -0.15) is 0 Å². The van der Waals surface area contributed by atoms with Gasteiger partial charge in [-0.25, -0.2) is 9.13 Å². The van der Waals surface area contributed by atoms with Gasteiger partial charge in [0.1, 0.15) is 19.3 Å². The predicted molar refractivity (Wildman–Crippen MR) is 437 cm³/mol. The molecule has 0 amide bonds. The van der Waals surface area contributed by atoms with Gasteiger partial charge in [0.15, 0.2) is 12.2 Å². The Morgan fingerprint density at radius 1 is 0.255 bits per heavy atom. The smallest absolute Gasteiger partial charge is 0.462 e. The van der Waals surface area contributed by atoms with E-state index in [9.17, 15) is 43.2 Å². The normalized spacial score (nSPS) is 13.8. The second-order valence-corrected chi connectivity index (χ2v) is 35.1. The van der Waals surface area contributed by atoms with E-state index in [1.807, 2.05) is 0 Å². The largest absolute Gasteiger partial charge is 0.472 e. The summed E-state index contributed by atoms with van der Waals surface area (Å²) >= 11 is 0. The monoisotopic (exact) mass is 1550 g/mol. The van der Waals surface area contributed by atoms with Crippen molar-refractivity contribution >= 4 is 39.5 Å². The number of aliphatic hydroxyl groups excluding tert-OH is 1. The van der Waals surface area contributed by atoms with Crippen LogP contribution in [-0.2, 0) is 65.4 Å². The number of ether oxygens (including phenoxy) is 4. The van der Waals surface area contributed by atoms with Crippen molar-refractivity contribution in [3.05, 3.63) is 0 Å². The molecular weight excluding hydrogens is 1380 g/mol. The van der Waals surface area contributed by atoms with Crippen molar-refractivity contribution in [2.75, 3.05) is 39.6 Å². The Kier molecular flexibility index (Phi) is 76.9. The van der Waals surface area contributed by atoms with Crippen molar-refractivity contribution < 1.29 is 80.2 Å². The lowest BCUT2D eigenvalue weighted by Crippen LogP contribution is -2.30. The van der Waals surface area contributed by atoms with Crippen molar-refractivity contribution in [3.8, 4) is 0 Å². The minimum absolute atomic E-state index is 0.108. The highest BCUT2D eigenvalue weighted by atomic mass is 31.2. The van der Waals surface area contributed by atoms with E-state index in [1.165, 1.54) is 283 Å². The summed E-state index contributed by atoms with van der Waals surface area (Å²) in [5.74, 6) is -0.576. The Morgan fingerprint density at radius 3 is 0.642 bits per heavy atom. The molecule has 19 heteroatoms. The van der Waals surface area contributed by atoms with E-state index in [4.69, 9.17) is 37.0 Å². The number of rotatable bonds is 86. The second-order valence-electron chi connectivity index (χ2n) is 32.2. The molecule has 630 valence electrons. The third kappa shape index (κ3) is 80.1. The number of phosphoric ester groups is 2. The van der Waals surface area contributed by atoms with Crippen molar-refractivity contribution in [1.29, 1.82) is 0 Å². The lowest BCUT2D eigenvalue weighted by Gasteiger charge is -2.21. The minimum Gasteiger partial charge on any atom is -0.462 e. The molecule has 0 fully saturated rings. The Labute approximate surface area is 651 Å². The van der Waals surface area contributed by atoms with Gasteiger partial charge in [0.2, 0.25) is 0 Å². The zero-order valence-corrected chi connectivity index (χ0v) is 71.5. The molecule has 0 saturated heterocycles. The van der Waals surface area contributed by atoms with Gasteiger partial charge in [-0.05, 0) is 37.5 Å². The molecule has 0 aromatic carbocycles. The molecule has 0 radical (unpaired) electrons. The van der Waals surface area contributed by atoms with Crippen LogP contribution in [0.1, 0.15) is 465 Å². The van der Waals surface area contributed by atoms with E-state index in [2.05, 4.69) is 41.5 Å². The topological polar surface area (TPSA) is 237 Å². The fourth-order valence-electron chi connectivity index (χ4n) is 13.6. The number of esters is 4. The van der Waals surface area contributed by atoms with Crippen LogP contribution in [0.15, 0.2) is 0 Å². The Hall–Kier alpha value is -1.94. The van der Waals surface area contributed by atoms with Crippen LogP contribution < -0.4 is 0 Å². The summed E-state index contributed by atoms with van der Waals surface area (Å²) in [5, 5.41) is 10.7. The summed E-state index contributed by atoms with van der Waals surface area (Å²) in [6.45, 7) is 9.67. The standard InChI is InChI=1S/C87H170O17P2/c1-7-9-11-13-15-17-19-21-23-25-26-27-28-29-30-32-38-42-46-54-60-66-72-86(91)103-82(75-97-84(89)69-63-57-51-44-40-36-34-33-35-39-43-49-55-61-67-79(3)4)77-101-105(93,94)99-73-81(88)74-100-106(95,96)102-78-83(76-98-85(90)70-64-58-52-48-47-50-56-62-68-80(5)6)104-87(92)71-65-59-53-45-41-37-31-24-22-20-18-16-14-12-10-8-2/h79-83,88H,7-78H2,1-6H3,(H,93,94)(H,95,96)/t81-,82-,83-/m1/s1. The second kappa shape index (κ2) is 78.3. The molecule has 0 rings (SSSR count). The lowest BCUT2D eigenvalue weighted by molar-refractivity contribution is -0.161. The summed E-state index contributed by atoms with van der Waals surface area (Å²) in [7, 11) is -9.93. The van der Waals surface area contributed by atoms with E-state index in [0.717, 1.165) is 102 Å². The van der Waals surface area contributed by atoms with Crippen LogP contribution in [0.25, 0.3) is 0 Å². The molecule has 2 unspecified atom stereocenters. The molecule has 0 aromatic rings. The number of carbonyl (C=O) groups excluding carboxylic acids is 4. The fraction of sp³-hybridized carbons (Fsp3) is 0.954. The Morgan fingerprint density at radius 2 is 0.434 bits per heavy atom. The quantitative estimate of drug-likeness (QED) is 0.0222. The van der Waals surface area contributed by atoms with Gasteiger partial charge in [0, 0.05) is 25.7 Å². The molecule has 0 spiro atoms. The maximum absolute atomic E-state index is 13.2. The van der Waals surface area contributed by atoms with Gasteiger partial charge in [0.05, 0.1) is 26.4 Å². The van der Waals surface area contributed by atoms with E-state index >= 15 is 0 Å². The predicted octanol–water partition coefficient (Wildman–Crippen LogP) is 26.6. The number of aliphatic hydroxyl groups is 1. The molecule has 0 bridgehead atoms. The molecule has 17 nitrogen and oxygen atoms in total. The van der Waals surface area contributed by atoms with Crippen LogP contribution >= 0.6 is 15.6 Å². The molecule has 0 aliphatic heterocycles. The Bertz CT molecular complexity index is 2030.